The van der Waals surface area contributed by atoms with Crippen LogP contribution >= 0.6 is 0 Å². The first-order valence-electron chi connectivity index (χ1n) is 5.61. The van der Waals surface area contributed by atoms with Crippen molar-refractivity contribution < 1.29 is 14.3 Å². The van der Waals surface area contributed by atoms with Gasteiger partial charge in [-0.05, 0) is 25.7 Å². The molecular formula is C12H18O3. The summed E-state index contributed by atoms with van der Waals surface area (Å²) in [5.74, 6) is -0.375. The van der Waals surface area contributed by atoms with Gasteiger partial charge in [0.05, 0.1) is 6.61 Å². The van der Waals surface area contributed by atoms with Crippen LogP contribution in [0.1, 0.15) is 44.9 Å². The molecule has 0 aromatic carbocycles. The van der Waals surface area contributed by atoms with Crippen molar-refractivity contribution in [2.24, 2.45) is 0 Å². The molecule has 0 saturated carbocycles. The Bertz CT molecular complexity index is 243. The average molecular weight is 210 g/mol. The lowest BCUT2D eigenvalue weighted by atomic mass is 10.1. The lowest BCUT2D eigenvalue weighted by Crippen LogP contribution is -2.11. The van der Waals surface area contributed by atoms with Gasteiger partial charge in [-0.3, -0.25) is 9.59 Å². The highest BCUT2D eigenvalue weighted by Gasteiger charge is 2.10. The van der Waals surface area contributed by atoms with E-state index in [4.69, 9.17) is 4.74 Å². The maximum atomic E-state index is 11.3. The Morgan fingerprint density at radius 1 is 1.00 bits per heavy atom. The highest BCUT2D eigenvalue weighted by atomic mass is 16.5. The van der Waals surface area contributed by atoms with Crippen LogP contribution in [-0.2, 0) is 14.3 Å². The molecule has 0 aliphatic carbocycles. The molecule has 3 nitrogen and oxygen atoms in total. The number of hydrogen-bond acceptors (Lipinski definition) is 3. The fourth-order valence-electron chi connectivity index (χ4n) is 1.54. The molecule has 1 heterocycles. The number of allylic oxidation sites excluding steroid dienone is 1. The molecule has 0 radical (unpaired) electrons. The number of hydrogen-bond donors (Lipinski definition) is 0. The van der Waals surface area contributed by atoms with Gasteiger partial charge in [-0.1, -0.05) is 18.6 Å². The molecule has 15 heavy (non-hydrogen) atoms. The molecular weight excluding hydrogens is 192 g/mol. The predicted molar refractivity (Wildman–Crippen MR) is 57.4 cm³/mol. The van der Waals surface area contributed by atoms with E-state index in [1.54, 1.807) is 0 Å². The molecule has 0 unspecified atom stereocenters. The van der Waals surface area contributed by atoms with Crippen molar-refractivity contribution >= 4 is 11.8 Å². The first kappa shape index (κ1) is 12.0. The first-order chi connectivity index (χ1) is 7.29. The van der Waals surface area contributed by atoms with Gasteiger partial charge in [-0.2, -0.15) is 0 Å². The minimum absolute atomic E-state index is 0.00667. The van der Waals surface area contributed by atoms with Crippen molar-refractivity contribution in [2.75, 3.05) is 6.61 Å². The van der Waals surface area contributed by atoms with Crippen LogP contribution in [0.3, 0.4) is 0 Å². The molecule has 0 saturated heterocycles. The number of cyclic esters (lactones) is 1. The van der Waals surface area contributed by atoms with Crippen LogP contribution in [0.5, 0.6) is 0 Å². The lowest BCUT2D eigenvalue weighted by Gasteiger charge is -2.01. The molecule has 1 aliphatic rings. The number of rotatable bonds is 0. The Morgan fingerprint density at radius 2 is 1.80 bits per heavy atom. The number of carbonyl (C=O) groups is 2. The number of esters is 1. The number of ketones is 1. The standard InChI is InChI=1S/C12H18O3/c13-11-8-6-4-2-1-3-5-7-9-15-12(14)10-11/h3,5H,1-2,4,6-10H2/b5-3+. The summed E-state index contributed by atoms with van der Waals surface area (Å²) < 4.78 is 4.91. The van der Waals surface area contributed by atoms with Crippen molar-refractivity contribution in [3.05, 3.63) is 12.2 Å². The summed E-state index contributed by atoms with van der Waals surface area (Å²) in [5, 5.41) is 0. The summed E-state index contributed by atoms with van der Waals surface area (Å²) in [4.78, 5) is 22.4. The van der Waals surface area contributed by atoms with Gasteiger partial charge in [0, 0.05) is 6.42 Å². The van der Waals surface area contributed by atoms with Crippen LogP contribution in [0.4, 0.5) is 0 Å². The molecule has 1 aliphatic heterocycles. The molecule has 0 bridgehead atoms. The van der Waals surface area contributed by atoms with Gasteiger partial charge >= 0.3 is 5.97 Å². The molecule has 3 heteroatoms. The third-order valence-electron chi connectivity index (χ3n) is 2.38. The number of carbonyl (C=O) groups excluding carboxylic acids is 2. The zero-order valence-corrected chi connectivity index (χ0v) is 9.04. The van der Waals surface area contributed by atoms with Gasteiger partial charge in [0.1, 0.15) is 12.2 Å². The smallest absolute Gasteiger partial charge is 0.313 e. The largest absolute Gasteiger partial charge is 0.465 e. The average Bonchev–Trinajstić information content (AvgIpc) is 2.21. The van der Waals surface area contributed by atoms with Gasteiger partial charge in [-0.15, -0.1) is 0 Å². The molecule has 0 fully saturated rings. The lowest BCUT2D eigenvalue weighted by molar-refractivity contribution is -0.145. The zero-order chi connectivity index (χ0) is 10.9. The summed E-state index contributed by atoms with van der Waals surface area (Å²) in [7, 11) is 0. The highest BCUT2D eigenvalue weighted by molar-refractivity contribution is 5.95. The van der Waals surface area contributed by atoms with Crippen molar-refractivity contribution in [2.45, 2.75) is 44.9 Å². The quantitative estimate of drug-likeness (QED) is 0.350. The Hall–Kier alpha value is -1.12. The highest BCUT2D eigenvalue weighted by Crippen LogP contribution is 2.07. The normalized spacial score (nSPS) is 23.2. The molecule has 0 aromatic rings. The van der Waals surface area contributed by atoms with Crippen molar-refractivity contribution in [3.63, 3.8) is 0 Å². The number of Topliss-reactive ketones (excluding diaryl/α,β-unsaturated/α-hetero) is 1. The fraction of sp³-hybridized carbons (Fsp3) is 0.667. The Kier molecular flexibility index (Phi) is 5.74. The Morgan fingerprint density at radius 3 is 2.67 bits per heavy atom. The maximum Gasteiger partial charge on any atom is 0.313 e. The summed E-state index contributed by atoms with van der Waals surface area (Å²) in [5.41, 5.74) is 0. The third-order valence-corrected chi connectivity index (χ3v) is 2.38. The zero-order valence-electron chi connectivity index (χ0n) is 9.04. The summed E-state index contributed by atoms with van der Waals surface area (Å²) in [6.07, 6.45) is 9.49. The molecule has 0 N–H and O–H groups in total. The Labute approximate surface area is 90.5 Å². The molecule has 0 aromatic heterocycles. The second kappa shape index (κ2) is 7.21. The van der Waals surface area contributed by atoms with E-state index in [0.717, 1.165) is 32.1 Å². The number of ether oxygens (including phenoxy) is 1. The molecule has 0 amide bonds. The minimum atomic E-state index is -0.382. The summed E-state index contributed by atoms with van der Waals surface area (Å²) in [6.45, 7) is 0.391. The maximum absolute atomic E-state index is 11.3. The van der Waals surface area contributed by atoms with E-state index >= 15 is 0 Å². The van der Waals surface area contributed by atoms with Crippen LogP contribution in [0.15, 0.2) is 12.2 Å². The van der Waals surface area contributed by atoms with E-state index in [-0.39, 0.29) is 18.2 Å². The van der Waals surface area contributed by atoms with Gasteiger partial charge < -0.3 is 4.74 Å². The van der Waals surface area contributed by atoms with Crippen LogP contribution in [0, 0.1) is 0 Å². The van der Waals surface area contributed by atoms with Crippen molar-refractivity contribution in [1.82, 2.24) is 0 Å². The van der Waals surface area contributed by atoms with Gasteiger partial charge in [0.25, 0.3) is 0 Å². The van der Waals surface area contributed by atoms with Crippen LogP contribution < -0.4 is 0 Å². The Balaban J connectivity index is 2.36. The van der Waals surface area contributed by atoms with E-state index in [1.165, 1.54) is 0 Å². The van der Waals surface area contributed by atoms with E-state index in [0.29, 0.717) is 13.0 Å². The SMILES string of the molecule is O=C1CCCCC/C=C/CCOC(=O)C1. The van der Waals surface area contributed by atoms with Gasteiger partial charge in [0.15, 0.2) is 0 Å². The molecule has 1 rings (SSSR count). The van der Waals surface area contributed by atoms with E-state index in [2.05, 4.69) is 6.08 Å². The summed E-state index contributed by atoms with van der Waals surface area (Å²) in [6, 6.07) is 0. The molecule has 0 spiro atoms. The van der Waals surface area contributed by atoms with E-state index in [1.807, 2.05) is 6.08 Å². The predicted octanol–water partition coefficient (Wildman–Crippen LogP) is 2.40. The monoisotopic (exact) mass is 210 g/mol. The minimum Gasteiger partial charge on any atom is -0.465 e. The van der Waals surface area contributed by atoms with E-state index in [9.17, 15) is 9.59 Å². The van der Waals surface area contributed by atoms with E-state index < -0.39 is 0 Å². The second-order valence-corrected chi connectivity index (χ2v) is 3.80. The van der Waals surface area contributed by atoms with Crippen LogP contribution in [0.25, 0.3) is 0 Å². The van der Waals surface area contributed by atoms with Gasteiger partial charge in [0.2, 0.25) is 0 Å². The third kappa shape index (κ3) is 6.05. The first-order valence-corrected chi connectivity index (χ1v) is 5.61. The van der Waals surface area contributed by atoms with Crippen molar-refractivity contribution in [1.29, 1.82) is 0 Å². The fourth-order valence-corrected chi connectivity index (χ4v) is 1.54. The molecule has 0 atom stereocenters. The van der Waals surface area contributed by atoms with Gasteiger partial charge in [-0.25, -0.2) is 0 Å². The molecule has 84 valence electrons. The van der Waals surface area contributed by atoms with Crippen LogP contribution in [-0.4, -0.2) is 18.4 Å². The second-order valence-electron chi connectivity index (χ2n) is 3.80. The topological polar surface area (TPSA) is 43.4 Å². The van der Waals surface area contributed by atoms with Crippen molar-refractivity contribution in [3.8, 4) is 0 Å². The summed E-state index contributed by atoms with van der Waals surface area (Å²) >= 11 is 0. The van der Waals surface area contributed by atoms with Crippen LogP contribution in [0.2, 0.25) is 0 Å².